The highest BCUT2D eigenvalue weighted by atomic mass is 32.2. The highest BCUT2D eigenvalue weighted by Gasteiger charge is 2.72. The van der Waals surface area contributed by atoms with Crippen LogP contribution in [0.2, 0.25) is 0 Å². The van der Waals surface area contributed by atoms with Gasteiger partial charge in [-0.15, -0.1) is 0 Å². The van der Waals surface area contributed by atoms with Crippen LogP contribution in [0.3, 0.4) is 0 Å². The first-order chi connectivity index (χ1) is 10.9. The van der Waals surface area contributed by atoms with Gasteiger partial charge >= 0.3 is 18.0 Å². The van der Waals surface area contributed by atoms with E-state index >= 15 is 0 Å². The maximum absolute atomic E-state index is 13.4. The summed E-state index contributed by atoms with van der Waals surface area (Å²) in [5.41, 5.74) is 0.270. The van der Waals surface area contributed by atoms with Crippen molar-refractivity contribution in [2.45, 2.75) is 37.0 Å². The smallest absolute Gasteiger partial charge is 0.282 e. The normalized spacial score (nSPS) is 14.5. The molecule has 0 aliphatic heterocycles. The van der Waals surface area contributed by atoms with Gasteiger partial charge in [-0.1, -0.05) is 42.1 Å². The van der Waals surface area contributed by atoms with Crippen molar-refractivity contribution in [2.75, 3.05) is 5.75 Å². The van der Waals surface area contributed by atoms with E-state index < -0.39 is 42.1 Å². The van der Waals surface area contributed by atoms with Crippen molar-refractivity contribution in [2.24, 2.45) is 0 Å². The molecule has 1 rings (SSSR count). The summed E-state index contributed by atoms with van der Waals surface area (Å²) in [5, 5.41) is -0.491. The summed E-state index contributed by atoms with van der Waals surface area (Å²) in [6.45, 7) is 0. The second kappa shape index (κ2) is 7.71. The Hall–Kier alpha value is -1.32. The Kier molecular flexibility index (Phi) is 6.66. The van der Waals surface area contributed by atoms with E-state index in [0.29, 0.717) is 11.8 Å². The summed E-state index contributed by atoms with van der Waals surface area (Å²) in [4.78, 5) is 11.6. The molecular weight excluding hydrogens is 368 g/mol. The van der Waals surface area contributed by atoms with E-state index in [-0.39, 0.29) is 11.3 Å². The van der Waals surface area contributed by atoms with Gasteiger partial charge in [0.05, 0.1) is 0 Å². The molecular formula is C14H12F8OS. The van der Waals surface area contributed by atoms with Crippen LogP contribution < -0.4 is 0 Å². The highest BCUT2D eigenvalue weighted by Crippen LogP contribution is 2.48. The molecule has 0 saturated carbocycles. The van der Waals surface area contributed by atoms with Crippen LogP contribution in [0.25, 0.3) is 0 Å². The van der Waals surface area contributed by atoms with E-state index in [9.17, 15) is 39.9 Å². The molecule has 0 amide bonds. The minimum Gasteiger partial charge on any atom is -0.282 e. The van der Waals surface area contributed by atoms with Crippen LogP contribution in [0.1, 0.15) is 23.2 Å². The molecule has 0 fully saturated rings. The number of hydrogen-bond donors (Lipinski definition) is 0. The molecule has 10 heteroatoms. The summed E-state index contributed by atoms with van der Waals surface area (Å²) in [6, 6.07) is 7.68. The summed E-state index contributed by atoms with van der Waals surface area (Å²) in [7, 11) is 0. The van der Waals surface area contributed by atoms with Crippen molar-refractivity contribution in [1.82, 2.24) is 0 Å². The quantitative estimate of drug-likeness (QED) is 0.580. The molecule has 24 heavy (non-hydrogen) atoms. The second-order valence-corrected chi connectivity index (χ2v) is 5.94. The average Bonchev–Trinajstić information content (AvgIpc) is 2.46. The lowest BCUT2D eigenvalue weighted by Crippen LogP contribution is -2.52. The lowest BCUT2D eigenvalue weighted by atomic mass is 10.0. The molecule has 1 nitrogen and oxygen atoms in total. The van der Waals surface area contributed by atoms with Crippen LogP contribution in [0.5, 0.6) is 0 Å². The second-order valence-electron chi connectivity index (χ2n) is 4.87. The van der Waals surface area contributed by atoms with Crippen molar-refractivity contribution in [3.8, 4) is 0 Å². The van der Waals surface area contributed by atoms with Crippen LogP contribution in [0.15, 0.2) is 30.3 Å². The van der Waals surface area contributed by atoms with E-state index in [2.05, 4.69) is 0 Å². The van der Waals surface area contributed by atoms with E-state index in [1.165, 1.54) is 12.1 Å². The Labute approximate surface area is 136 Å². The summed E-state index contributed by atoms with van der Waals surface area (Å²) in [5.74, 6) is -12.2. The fourth-order valence-corrected chi connectivity index (χ4v) is 2.51. The van der Waals surface area contributed by atoms with E-state index in [1.54, 1.807) is 18.2 Å². The predicted octanol–water partition coefficient (Wildman–Crippen LogP) is 5.51. The third-order valence-electron chi connectivity index (χ3n) is 2.97. The fourth-order valence-electron chi connectivity index (χ4n) is 1.65. The first-order valence-electron chi connectivity index (χ1n) is 6.57. The SMILES string of the molecule is O=C(SCCC(F)CC(F)(F)C(F)(F)C(F)(F)F)c1ccccc1. The molecule has 0 aliphatic rings. The third kappa shape index (κ3) is 5.09. The Morgan fingerprint density at radius 3 is 2.04 bits per heavy atom. The Bertz CT molecular complexity index is 543. The van der Waals surface area contributed by atoms with Crippen LogP contribution >= 0.6 is 11.8 Å². The van der Waals surface area contributed by atoms with Crippen LogP contribution in [0.4, 0.5) is 35.1 Å². The van der Waals surface area contributed by atoms with Gasteiger partial charge in [-0.2, -0.15) is 30.7 Å². The van der Waals surface area contributed by atoms with Gasteiger partial charge in [-0.05, 0) is 6.42 Å². The topological polar surface area (TPSA) is 17.1 Å². The first-order valence-corrected chi connectivity index (χ1v) is 7.55. The molecule has 0 heterocycles. The molecule has 0 bridgehead atoms. The van der Waals surface area contributed by atoms with Gasteiger partial charge in [0.25, 0.3) is 0 Å². The van der Waals surface area contributed by atoms with Crippen molar-refractivity contribution in [3.05, 3.63) is 35.9 Å². The summed E-state index contributed by atoms with van der Waals surface area (Å²) < 4.78 is 100. The molecule has 0 radical (unpaired) electrons. The zero-order valence-corrected chi connectivity index (χ0v) is 12.7. The molecule has 1 atom stereocenters. The zero-order valence-electron chi connectivity index (χ0n) is 11.9. The van der Waals surface area contributed by atoms with Gasteiger partial charge in [0.15, 0.2) is 0 Å². The van der Waals surface area contributed by atoms with Gasteiger partial charge in [0, 0.05) is 17.7 Å². The largest absolute Gasteiger partial charge is 0.459 e. The number of halogens is 8. The van der Waals surface area contributed by atoms with Crippen LogP contribution in [-0.4, -0.2) is 35.1 Å². The molecule has 0 aromatic heterocycles. The zero-order chi connectivity index (χ0) is 18.6. The molecule has 0 saturated heterocycles. The lowest BCUT2D eigenvalue weighted by molar-refractivity contribution is -0.357. The number of carbonyl (C=O) groups excluding carboxylic acids is 1. The standard InChI is InChI=1S/C14H12F8OS/c15-10(8-12(16,17)13(18,19)14(20,21)22)6-7-24-11(23)9-4-2-1-3-5-9/h1-5,10H,6-8H2. The van der Waals surface area contributed by atoms with E-state index in [1.807, 2.05) is 0 Å². The average molecular weight is 380 g/mol. The number of thioether (sulfide) groups is 1. The maximum Gasteiger partial charge on any atom is 0.459 e. The minimum atomic E-state index is -6.48. The van der Waals surface area contributed by atoms with E-state index in [4.69, 9.17) is 0 Å². The number of carbonyl (C=O) groups is 1. The molecule has 1 aromatic carbocycles. The van der Waals surface area contributed by atoms with Gasteiger partial charge in [0.1, 0.15) is 6.17 Å². The fraction of sp³-hybridized carbons (Fsp3) is 0.500. The monoisotopic (exact) mass is 380 g/mol. The van der Waals surface area contributed by atoms with Crippen molar-refractivity contribution in [3.63, 3.8) is 0 Å². The summed E-state index contributed by atoms with van der Waals surface area (Å²) in [6.07, 6.45) is -12.1. The Morgan fingerprint density at radius 1 is 1.00 bits per heavy atom. The Balaban J connectivity index is 2.51. The van der Waals surface area contributed by atoms with Crippen molar-refractivity contribution >= 4 is 16.9 Å². The van der Waals surface area contributed by atoms with Gasteiger partial charge < -0.3 is 0 Å². The molecule has 1 aromatic rings. The third-order valence-corrected chi connectivity index (χ3v) is 3.90. The summed E-state index contributed by atoms with van der Waals surface area (Å²) >= 11 is 0.563. The van der Waals surface area contributed by atoms with Crippen LogP contribution in [-0.2, 0) is 0 Å². The number of rotatable bonds is 7. The van der Waals surface area contributed by atoms with Crippen molar-refractivity contribution in [1.29, 1.82) is 0 Å². The highest BCUT2D eigenvalue weighted by molar-refractivity contribution is 8.14. The minimum absolute atomic E-state index is 0.270. The Morgan fingerprint density at radius 2 is 1.54 bits per heavy atom. The molecule has 1 unspecified atom stereocenters. The van der Waals surface area contributed by atoms with Gasteiger partial charge in [-0.3, -0.25) is 4.79 Å². The number of benzene rings is 1. The maximum atomic E-state index is 13.4. The first kappa shape index (κ1) is 20.7. The molecule has 136 valence electrons. The van der Waals surface area contributed by atoms with Gasteiger partial charge in [0.2, 0.25) is 5.12 Å². The predicted molar refractivity (Wildman–Crippen MR) is 73.3 cm³/mol. The van der Waals surface area contributed by atoms with E-state index in [0.717, 1.165) is 0 Å². The number of hydrogen-bond acceptors (Lipinski definition) is 2. The van der Waals surface area contributed by atoms with Crippen LogP contribution in [0, 0.1) is 0 Å². The van der Waals surface area contributed by atoms with Crippen molar-refractivity contribution < 1.29 is 39.9 Å². The molecule has 0 aliphatic carbocycles. The lowest BCUT2D eigenvalue weighted by Gasteiger charge is -2.29. The van der Waals surface area contributed by atoms with Gasteiger partial charge in [-0.25, -0.2) is 4.39 Å². The number of alkyl halides is 8. The molecule has 0 spiro atoms. The molecule has 0 N–H and O–H groups in total.